The van der Waals surface area contributed by atoms with Crippen molar-refractivity contribution in [2.45, 2.75) is 0 Å². The maximum atomic E-state index is 11.2. The summed E-state index contributed by atoms with van der Waals surface area (Å²) in [7, 11) is 1.27. The molecule has 0 radical (unpaired) electrons. The van der Waals surface area contributed by atoms with E-state index in [0.29, 0.717) is 32.7 Å². The van der Waals surface area contributed by atoms with Gasteiger partial charge in [0.1, 0.15) is 11.5 Å². The van der Waals surface area contributed by atoms with E-state index in [1.807, 2.05) is 0 Å². The number of methoxy groups -OCH3 is 2. The summed E-state index contributed by atoms with van der Waals surface area (Å²) in [5.41, 5.74) is 0.149. The summed E-state index contributed by atoms with van der Waals surface area (Å²) in [6.45, 7) is 1.22. The van der Waals surface area contributed by atoms with Gasteiger partial charge in [0.2, 0.25) is 0 Å². The van der Waals surface area contributed by atoms with E-state index in [2.05, 4.69) is 0 Å². The summed E-state index contributed by atoms with van der Waals surface area (Å²) in [5, 5.41) is 18.9. The molecule has 9 nitrogen and oxygen atoms in total. The summed E-state index contributed by atoms with van der Waals surface area (Å²) < 4.78 is 30.8. The van der Waals surface area contributed by atoms with Crippen LogP contribution < -0.4 is 14.9 Å². The van der Waals surface area contributed by atoms with E-state index in [1.165, 1.54) is 12.1 Å². The van der Waals surface area contributed by atoms with E-state index < -0.39 is 7.12 Å². The van der Waals surface area contributed by atoms with Crippen molar-refractivity contribution in [2.75, 3.05) is 54.2 Å². The van der Waals surface area contributed by atoms with Crippen LogP contribution in [0.4, 0.5) is 0 Å². The lowest BCUT2D eigenvalue weighted by Gasteiger charge is -2.15. The summed E-state index contributed by atoms with van der Waals surface area (Å²) in [5.74, 6) is 0.300. The summed E-state index contributed by atoms with van der Waals surface area (Å²) in [6.07, 6.45) is 0.537. The zero-order valence-electron chi connectivity index (χ0n) is 14.3. The summed E-state index contributed by atoms with van der Waals surface area (Å²) in [6, 6.07) is 2.64. The topological polar surface area (TPSA) is 113 Å². The molecule has 0 aliphatic rings. The first-order valence-electron chi connectivity index (χ1n) is 7.52. The first kappa shape index (κ1) is 21.4. The minimum Gasteiger partial charge on any atom is -0.468 e. The van der Waals surface area contributed by atoms with Gasteiger partial charge in [-0.1, -0.05) is 0 Å². The highest BCUT2D eigenvalue weighted by Crippen LogP contribution is 2.23. The first-order chi connectivity index (χ1) is 12.1. The Bertz CT molecular complexity index is 510. The van der Waals surface area contributed by atoms with E-state index in [9.17, 15) is 14.8 Å². The molecule has 1 rings (SSSR count). The first-order valence-corrected chi connectivity index (χ1v) is 7.52. The van der Waals surface area contributed by atoms with E-state index in [1.54, 1.807) is 14.2 Å². The molecule has 0 spiro atoms. The Morgan fingerprint density at radius 3 is 1.96 bits per heavy atom. The van der Waals surface area contributed by atoms with Crippen LogP contribution in [0.15, 0.2) is 12.1 Å². The van der Waals surface area contributed by atoms with Crippen LogP contribution in [-0.2, 0) is 18.9 Å². The second kappa shape index (κ2) is 12.6. The molecule has 0 fully saturated rings. The highest BCUT2D eigenvalue weighted by molar-refractivity contribution is 6.59. The molecule has 1 aromatic carbocycles. The fourth-order valence-electron chi connectivity index (χ4n) is 1.75. The van der Waals surface area contributed by atoms with Gasteiger partial charge in [-0.3, -0.25) is 4.79 Å². The van der Waals surface area contributed by atoms with Crippen molar-refractivity contribution in [3.63, 3.8) is 0 Å². The molecule has 0 aliphatic carbocycles. The van der Waals surface area contributed by atoms with Gasteiger partial charge in [-0.2, -0.15) is 0 Å². The molecule has 0 saturated carbocycles. The molecule has 0 heterocycles. The van der Waals surface area contributed by atoms with E-state index in [-0.39, 0.29) is 36.1 Å². The van der Waals surface area contributed by atoms with Crippen LogP contribution in [-0.4, -0.2) is 77.7 Å². The molecule has 1 aromatic rings. The Hall–Kier alpha value is -1.69. The lowest BCUT2D eigenvalue weighted by Crippen LogP contribution is -2.32. The van der Waals surface area contributed by atoms with Gasteiger partial charge in [0, 0.05) is 25.7 Å². The molecule has 10 heteroatoms. The molecule has 25 heavy (non-hydrogen) atoms. The van der Waals surface area contributed by atoms with Crippen molar-refractivity contribution < 1.29 is 43.3 Å². The standard InChI is InChI=1S/C15H23BO9/c1-20-3-5-22-10-24-14-8-15(25-11-23-6-4-21-2)13(16(18)19)7-12(14)9-17/h7-9,18-19H,3-6,10-11H2,1-2H3. The van der Waals surface area contributed by atoms with E-state index >= 15 is 0 Å². The highest BCUT2D eigenvalue weighted by Gasteiger charge is 2.21. The number of aldehydes is 1. The van der Waals surface area contributed by atoms with Crippen LogP contribution in [0, 0.1) is 0 Å². The van der Waals surface area contributed by atoms with Crippen molar-refractivity contribution in [3.8, 4) is 11.5 Å². The zero-order chi connectivity index (χ0) is 18.5. The Kier molecular flexibility index (Phi) is 10.8. The number of carbonyl (C=O) groups excluding carboxylic acids is 1. The molecule has 0 saturated heterocycles. The second-order valence-electron chi connectivity index (χ2n) is 4.75. The second-order valence-corrected chi connectivity index (χ2v) is 4.75. The van der Waals surface area contributed by atoms with Gasteiger partial charge in [-0.05, 0) is 6.07 Å². The zero-order valence-corrected chi connectivity index (χ0v) is 14.3. The predicted molar refractivity (Wildman–Crippen MR) is 88.3 cm³/mol. The maximum Gasteiger partial charge on any atom is 0.492 e. The number of rotatable bonds is 14. The Morgan fingerprint density at radius 2 is 1.48 bits per heavy atom. The smallest absolute Gasteiger partial charge is 0.468 e. The van der Waals surface area contributed by atoms with Crippen LogP contribution in [0.3, 0.4) is 0 Å². The van der Waals surface area contributed by atoms with Gasteiger partial charge in [-0.25, -0.2) is 0 Å². The van der Waals surface area contributed by atoms with Gasteiger partial charge < -0.3 is 38.5 Å². The lowest BCUT2D eigenvalue weighted by molar-refractivity contribution is -0.0115. The van der Waals surface area contributed by atoms with Gasteiger partial charge in [0.25, 0.3) is 0 Å². The minimum absolute atomic E-state index is 0.0186. The third kappa shape index (κ3) is 7.82. The van der Waals surface area contributed by atoms with Crippen molar-refractivity contribution >= 4 is 18.9 Å². The Balaban J connectivity index is 2.77. The van der Waals surface area contributed by atoms with Gasteiger partial charge in [-0.15, -0.1) is 0 Å². The number of hydrogen-bond acceptors (Lipinski definition) is 9. The van der Waals surface area contributed by atoms with Gasteiger partial charge >= 0.3 is 7.12 Å². The Labute approximate surface area is 146 Å². The van der Waals surface area contributed by atoms with Crippen molar-refractivity contribution in [3.05, 3.63) is 17.7 Å². The van der Waals surface area contributed by atoms with Crippen LogP contribution in [0.2, 0.25) is 0 Å². The number of benzene rings is 1. The van der Waals surface area contributed by atoms with Crippen molar-refractivity contribution in [1.29, 1.82) is 0 Å². The fraction of sp³-hybridized carbons (Fsp3) is 0.533. The third-order valence-electron chi connectivity index (χ3n) is 3.01. The van der Waals surface area contributed by atoms with E-state index in [0.717, 1.165) is 0 Å². The molecular formula is C15H23BO9. The van der Waals surface area contributed by atoms with Gasteiger partial charge in [0.05, 0.1) is 32.0 Å². The highest BCUT2D eigenvalue weighted by atomic mass is 16.7. The molecule has 140 valence electrons. The molecule has 2 N–H and O–H groups in total. The largest absolute Gasteiger partial charge is 0.492 e. The SMILES string of the molecule is COCCOCOc1cc(OCOCCOC)c(B(O)O)cc1C=O. The maximum absolute atomic E-state index is 11.2. The van der Waals surface area contributed by atoms with E-state index in [4.69, 9.17) is 28.4 Å². The molecule has 0 atom stereocenters. The predicted octanol–water partition coefficient (Wildman–Crippen LogP) is -0.822. The van der Waals surface area contributed by atoms with Crippen LogP contribution >= 0.6 is 0 Å². The quantitative estimate of drug-likeness (QED) is 0.191. The lowest BCUT2D eigenvalue weighted by atomic mass is 9.78. The van der Waals surface area contributed by atoms with Crippen molar-refractivity contribution in [2.24, 2.45) is 0 Å². The minimum atomic E-state index is -1.82. The Morgan fingerprint density at radius 1 is 0.920 bits per heavy atom. The van der Waals surface area contributed by atoms with Crippen molar-refractivity contribution in [1.82, 2.24) is 0 Å². The monoisotopic (exact) mass is 358 g/mol. The normalized spacial score (nSPS) is 10.6. The molecule has 0 aliphatic heterocycles. The number of ether oxygens (including phenoxy) is 6. The van der Waals surface area contributed by atoms with Crippen LogP contribution in [0.1, 0.15) is 10.4 Å². The third-order valence-corrected chi connectivity index (χ3v) is 3.01. The number of hydrogen-bond donors (Lipinski definition) is 2. The fourth-order valence-corrected chi connectivity index (χ4v) is 1.75. The summed E-state index contributed by atoms with van der Waals surface area (Å²) >= 11 is 0. The van der Waals surface area contributed by atoms with Crippen LogP contribution in [0.5, 0.6) is 11.5 Å². The molecule has 0 amide bonds. The van der Waals surface area contributed by atoms with Crippen LogP contribution in [0.25, 0.3) is 0 Å². The number of carbonyl (C=O) groups is 1. The van der Waals surface area contributed by atoms with Gasteiger partial charge in [0.15, 0.2) is 19.9 Å². The average molecular weight is 358 g/mol. The average Bonchev–Trinajstić information content (AvgIpc) is 2.61. The molecular weight excluding hydrogens is 335 g/mol. The molecule has 0 bridgehead atoms. The molecule has 0 aromatic heterocycles. The summed E-state index contributed by atoms with van der Waals surface area (Å²) in [4.78, 5) is 11.2. The molecule has 0 unspecified atom stereocenters.